The molecule has 4 aromatic rings. The van der Waals surface area contributed by atoms with Crippen molar-refractivity contribution < 1.29 is 14.6 Å². The second-order valence-electron chi connectivity index (χ2n) is 7.19. The van der Waals surface area contributed by atoms with Gasteiger partial charge in [0, 0.05) is 23.6 Å². The number of aromatic nitrogens is 1. The molecule has 1 atom stereocenters. The summed E-state index contributed by atoms with van der Waals surface area (Å²) < 4.78 is 7.47. The van der Waals surface area contributed by atoms with Gasteiger partial charge in [0.25, 0.3) is 0 Å². The number of nitrogens with one attached hydrogen (secondary N) is 1. The van der Waals surface area contributed by atoms with E-state index in [2.05, 4.69) is 28.1 Å². The molecule has 1 heterocycles. The lowest BCUT2D eigenvalue weighted by molar-refractivity contribution is -0.136. The maximum Gasteiger partial charge on any atom is 0.307 e. The number of carboxylic acids is 1. The molecule has 4 rings (SSSR count). The number of fused-ring (bicyclic) bond motifs is 1. The van der Waals surface area contributed by atoms with Crippen molar-refractivity contribution in [1.82, 2.24) is 9.88 Å². The van der Waals surface area contributed by atoms with Crippen LogP contribution in [0.4, 0.5) is 0 Å². The van der Waals surface area contributed by atoms with Gasteiger partial charge in [-0.2, -0.15) is 0 Å². The summed E-state index contributed by atoms with van der Waals surface area (Å²) in [6.07, 6.45) is 1.80. The monoisotopic (exact) mass is 400 g/mol. The van der Waals surface area contributed by atoms with E-state index in [-0.39, 0.29) is 12.6 Å². The van der Waals surface area contributed by atoms with Crippen LogP contribution in [-0.4, -0.2) is 22.8 Å². The van der Waals surface area contributed by atoms with Crippen LogP contribution in [0.3, 0.4) is 0 Å². The molecular weight excluding hydrogens is 376 g/mol. The lowest BCUT2D eigenvalue weighted by Crippen LogP contribution is -2.27. The number of ether oxygens (including phenoxy) is 1. The maximum atomic E-state index is 11.4. The van der Waals surface area contributed by atoms with E-state index in [1.165, 1.54) is 0 Å². The van der Waals surface area contributed by atoms with Gasteiger partial charge < -0.3 is 14.4 Å². The molecule has 0 aliphatic rings. The number of nitrogens with zero attached hydrogens (tertiary/aromatic N) is 1. The Morgan fingerprint density at radius 1 is 1.03 bits per heavy atom. The first kappa shape index (κ1) is 19.7. The highest BCUT2D eigenvalue weighted by molar-refractivity contribution is 5.87. The van der Waals surface area contributed by atoms with E-state index in [0.29, 0.717) is 6.54 Å². The minimum Gasteiger partial charge on any atom is -0.497 e. The fourth-order valence-corrected chi connectivity index (χ4v) is 3.80. The number of para-hydroxylation sites is 1. The summed E-state index contributed by atoms with van der Waals surface area (Å²) in [4.78, 5) is 11.4. The third-order valence-corrected chi connectivity index (χ3v) is 5.19. The molecule has 0 aliphatic carbocycles. The van der Waals surface area contributed by atoms with E-state index in [1.807, 2.05) is 66.9 Å². The van der Waals surface area contributed by atoms with Gasteiger partial charge >= 0.3 is 5.97 Å². The van der Waals surface area contributed by atoms with Gasteiger partial charge in [-0.15, -0.1) is 0 Å². The average Bonchev–Trinajstić information content (AvgIpc) is 3.12. The number of rotatable bonds is 8. The standard InChI is InChI=1S/C25H24N2O3/c1-30-21-11-7-8-18(14-21)16-26-25(19-9-3-2-4-10-19)27-17-20(15-24(28)29)22-12-5-6-13-23(22)27/h2-14,17,25-26H,15-16H2,1H3,(H,28,29). The topological polar surface area (TPSA) is 63.5 Å². The number of hydrogen-bond acceptors (Lipinski definition) is 3. The van der Waals surface area contributed by atoms with Crippen LogP contribution in [0, 0.1) is 0 Å². The quantitative estimate of drug-likeness (QED) is 0.453. The zero-order chi connectivity index (χ0) is 20.9. The average molecular weight is 400 g/mol. The van der Waals surface area contributed by atoms with Gasteiger partial charge in [0.1, 0.15) is 11.9 Å². The van der Waals surface area contributed by atoms with Gasteiger partial charge in [-0.05, 0) is 34.9 Å². The Hall–Kier alpha value is -3.57. The molecule has 1 unspecified atom stereocenters. The summed E-state index contributed by atoms with van der Waals surface area (Å²) in [5, 5.41) is 14.0. The number of carboxylic acid groups (broad SMARTS) is 1. The highest BCUT2D eigenvalue weighted by atomic mass is 16.5. The number of carbonyl (C=O) groups is 1. The van der Waals surface area contributed by atoms with Gasteiger partial charge in [0.05, 0.1) is 13.5 Å². The SMILES string of the molecule is COc1cccc(CNC(c2ccccc2)n2cc(CC(=O)O)c3ccccc32)c1. The molecule has 2 N–H and O–H groups in total. The van der Waals surface area contributed by atoms with Crippen molar-refractivity contribution in [2.24, 2.45) is 0 Å². The number of hydrogen-bond donors (Lipinski definition) is 2. The zero-order valence-corrected chi connectivity index (χ0v) is 16.8. The lowest BCUT2D eigenvalue weighted by atomic mass is 10.1. The molecule has 5 nitrogen and oxygen atoms in total. The van der Waals surface area contributed by atoms with Gasteiger partial charge in [-0.3, -0.25) is 10.1 Å². The molecule has 152 valence electrons. The summed E-state index contributed by atoms with van der Waals surface area (Å²) >= 11 is 0. The van der Waals surface area contributed by atoms with Crippen molar-refractivity contribution in [1.29, 1.82) is 0 Å². The van der Waals surface area contributed by atoms with Crippen LogP contribution in [0.1, 0.15) is 22.9 Å². The molecule has 0 bridgehead atoms. The van der Waals surface area contributed by atoms with Crippen molar-refractivity contribution in [2.75, 3.05) is 7.11 Å². The van der Waals surface area contributed by atoms with E-state index in [1.54, 1.807) is 7.11 Å². The highest BCUT2D eigenvalue weighted by Crippen LogP contribution is 2.28. The van der Waals surface area contributed by atoms with Crippen LogP contribution < -0.4 is 10.1 Å². The molecule has 5 heteroatoms. The normalized spacial score (nSPS) is 12.0. The van der Waals surface area contributed by atoms with Crippen molar-refractivity contribution in [3.63, 3.8) is 0 Å². The second kappa shape index (κ2) is 8.84. The maximum absolute atomic E-state index is 11.4. The van der Waals surface area contributed by atoms with E-state index in [0.717, 1.165) is 33.3 Å². The molecule has 0 spiro atoms. The number of methoxy groups -OCH3 is 1. The van der Waals surface area contributed by atoms with Crippen molar-refractivity contribution in [3.8, 4) is 5.75 Å². The van der Waals surface area contributed by atoms with Gasteiger partial charge in [0.15, 0.2) is 0 Å². The van der Waals surface area contributed by atoms with Crippen LogP contribution in [0.15, 0.2) is 85.1 Å². The Morgan fingerprint density at radius 2 is 1.80 bits per heavy atom. The fraction of sp³-hybridized carbons (Fsp3) is 0.160. The smallest absolute Gasteiger partial charge is 0.307 e. The molecule has 0 saturated carbocycles. The van der Waals surface area contributed by atoms with Gasteiger partial charge in [0.2, 0.25) is 0 Å². The van der Waals surface area contributed by atoms with Crippen LogP contribution >= 0.6 is 0 Å². The molecule has 3 aromatic carbocycles. The first-order valence-electron chi connectivity index (χ1n) is 9.87. The van der Waals surface area contributed by atoms with Crippen LogP contribution in [0.25, 0.3) is 10.9 Å². The van der Waals surface area contributed by atoms with E-state index < -0.39 is 5.97 Å². The zero-order valence-electron chi connectivity index (χ0n) is 16.8. The molecule has 0 saturated heterocycles. The van der Waals surface area contributed by atoms with Crippen LogP contribution in [-0.2, 0) is 17.8 Å². The van der Waals surface area contributed by atoms with Crippen molar-refractivity contribution in [3.05, 3.63) is 102 Å². The Morgan fingerprint density at radius 3 is 2.57 bits per heavy atom. The Bertz CT molecular complexity index is 1150. The minimum atomic E-state index is -0.835. The Kier molecular flexibility index (Phi) is 5.82. The Labute approximate surface area is 175 Å². The van der Waals surface area contributed by atoms with E-state index >= 15 is 0 Å². The van der Waals surface area contributed by atoms with Crippen LogP contribution in [0.2, 0.25) is 0 Å². The molecule has 0 amide bonds. The summed E-state index contributed by atoms with van der Waals surface area (Å²) in [7, 11) is 1.66. The third kappa shape index (κ3) is 4.21. The summed E-state index contributed by atoms with van der Waals surface area (Å²) in [6, 6.07) is 26.1. The summed E-state index contributed by atoms with van der Waals surface area (Å²) in [5.74, 6) is -0.0146. The molecular formula is C25H24N2O3. The van der Waals surface area contributed by atoms with Crippen molar-refractivity contribution >= 4 is 16.9 Å². The summed E-state index contributed by atoms with van der Waals surface area (Å²) in [5.41, 5.74) is 4.02. The highest BCUT2D eigenvalue weighted by Gasteiger charge is 2.19. The predicted molar refractivity (Wildman–Crippen MR) is 118 cm³/mol. The third-order valence-electron chi connectivity index (χ3n) is 5.19. The molecule has 0 fully saturated rings. The first-order valence-corrected chi connectivity index (χ1v) is 9.87. The van der Waals surface area contributed by atoms with Crippen LogP contribution in [0.5, 0.6) is 5.75 Å². The molecule has 0 radical (unpaired) electrons. The fourth-order valence-electron chi connectivity index (χ4n) is 3.80. The Balaban J connectivity index is 1.74. The largest absolute Gasteiger partial charge is 0.497 e. The van der Waals surface area contributed by atoms with E-state index in [4.69, 9.17) is 4.74 Å². The minimum absolute atomic E-state index is 0.00902. The van der Waals surface area contributed by atoms with E-state index in [9.17, 15) is 9.90 Å². The predicted octanol–water partition coefficient (Wildman–Crippen LogP) is 4.61. The second-order valence-corrected chi connectivity index (χ2v) is 7.19. The van der Waals surface area contributed by atoms with Crippen molar-refractivity contribution in [2.45, 2.75) is 19.1 Å². The molecule has 1 aromatic heterocycles. The molecule has 30 heavy (non-hydrogen) atoms. The number of aliphatic carboxylic acids is 1. The van der Waals surface area contributed by atoms with Gasteiger partial charge in [-0.1, -0.05) is 60.7 Å². The lowest BCUT2D eigenvalue weighted by Gasteiger charge is -2.23. The van der Waals surface area contributed by atoms with Gasteiger partial charge in [-0.25, -0.2) is 0 Å². The first-order chi connectivity index (χ1) is 14.7. The summed E-state index contributed by atoms with van der Waals surface area (Å²) in [6.45, 7) is 0.636. The number of benzene rings is 3. The molecule has 0 aliphatic heterocycles.